The minimum atomic E-state index is -0.123. The number of carbonyl (C=O) groups excluding carboxylic acids is 1. The molecule has 2 nitrogen and oxygen atoms in total. The molecule has 2 aromatic rings. The van der Waals surface area contributed by atoms with Crippen molar-refractivity contribution in [3.63, 3.8) is 0 Å². The first kappa shape index (κ1) is 14.2. The Labute approximate surface area is 129 Å². The van der Waals surface area contributed by atoms with Gasteiger partial charge >= 0.3 is 0 Å². The predicted molar refractivity (Wildman–Crippen MR) is 84.2 cm³/mol. The highest BCUT2D eigenvalue weighted by atomic mass is 35.5. The van der Waals surface area contributed by atoms with E-state index in [0.29, 0.717) is 18.1 Å². The van der Waals surface area contributed by atoms with E-state index in [1.807, 2.05) is 49.4 Å². The number of ether oxygens (including phenoxy) is 1. The van der Waals surface area contributed by atoms with Gasteiger partial charge in [0.1, 0.15) is 11.5 Å². The highest BCUT2D eigenvalue weighted by Crippen LogP contribution is 2.34. The Kier molecular flexibility index (Phi) is 3.98. The number of ketones is 1. The van der Waals surface area contributed by atoms with E-state index in [4.69, 9.17) is 16.3 Å². The van der Waals surface area contributed by atoms with Gasteiger partial charge in [-0.1, -0.05) is 48.9 Å². The van der Waals surface area contributed by atoms with Crippen LogP contribution in [0.2, 0.25) is 5.02 Å². The zero-order valence-electron chi connectivity index (χ0n) is 11.9. The van der Waals surface area contributed by atoms with E-state index in [1.54, 1.807) is 0 Å². The summed E-state index contributed by atoms with van der Waals surface area (Å²) in [4.78, 5) is 12.5. The van der Waals surface area contributed by atoms with Crippen LogP contribution in [0.1, 0.15) is 29.5 Å². The summed E-state index contributed by atoms with van der Waals surface area (Å²) in [6.45, 7) is 2.62. The van der Waals surface area contributed by atoms with Gasteiger partial charge in [0.15, 0.2) is 0 Å². The molecule has 0 radical (unpaired) electrons. The molecule has 0 aromatic heterocycles. The lowest BCUT2D eigenvalue weighted by Gasteiger charge is -2.13. The number of rotatable bonds is 4. The average molecular weight is 301 g/mol. The van der Waals surface area contributed by atoms with Gasteiger partial charge in [0.05, 0.1) is 6.61 Å². The van der Waals surface area contributed by atoms with E-state index < -0.39 is 0 Å². The van der Waals surface area contributed by atoms with Crippen LogP contribution in [0.15, 0.2) is 42.5 Å². The first-order valence-corrected chi connectivity index (χ1v) is 7.54. The van der Waals surface area contributed by atoms with Crippen molar-refractivity contribution in [2.45, 2.75) is 25.7 Å². The molecule has 2 aromatic carbocycles. The fraction of sp³-hybridized carbons (Fsp3) is 0.278. The summed E-state index contributed by atoms with van der Waals surface area (Å²) in [6.07, 6.45) is 1.23. The molecular weight excluding hydrogens is 284 g/mol. The molecule has 1 heterocycles. The Morgan fingerprint density at radius 2 is 2.05 bits per heavy atom. The van der Waals surface area contributed by atoms with Crippen molar-refractivity contribution in [3.8, 4) is 5.75 Å². The van der Waals surface area contributed by atoms with Crippen LogP contribution in [-0.4, -0.2) is 12.4 Å². The second-order valence-corrected chi connectivity index (χ2v) is 5.86. The second kappa shape index (κ2) is 5.90. The van der Waals surface area contributed by atoms with Crippen LogP contribution in [0.25, 0.3) is 0 Å². The third kappa shape index (κ3) is 2.96. The summed E-state index contributed by atoms with van der Waals surface area (Å²) in [7, 11) is 0. The SMILES string of the molecule is CC(C(=O)Cc1cc(Cl)cc2c1OCC2)c1ccccc1. The monoisotopic (exact) mass is 300 g/mol. The number of hydrogen-bond donors (Lipinski definition) is 0. The van der Waals surface area contributed by atoms with E-state index in [0.717, 1.165) is 28.9 Å². The molecule has 1 unspecified atom stereocenters. The molecule has 0 spiro atoms. The summed E-state index contributed by atoms with van der Waals surface area (Å²) in [5, 5.41) is 0.675. The molecule has 108 valence electrons. The molecule has 1 atom stereocenters. The maximum Gasteiger partial charge on any atom is 0.144 e. The van der Waals surface area contributed by atoms with Crippen molar-refractivity contribution in [1.29, 1.82) is 0 Å². The zero-order chi connectivity index (χ0) is 14.8. The van der Waals surface area contributed by atoms with Crippen LogP contribution in [0, 0.1) is 0 Å². The van der Waals surface area contributed by atoms with E-state index in [2.05, 4.69) is 0 Å². The maximum atomic E-state index is 12.5. The number of fused-ring (bicyclic) bond motifs is 1. The Balaban J connectivity index is 1.83. The normalized spacial score (nSPS) is 14.4. The summed E-state index contributed by atoms with van der Waals surface area (Å²) < 4.78 is 5.66. The number of benzene rings is 2. The van der Waals surface area contributed by atoms with Crippen LogP contribution < -0.4 is 4.74 Å². The standard InChI is InChI=1S/C18H17ClO2/c1-12(13-5-3-2-4-6-13)17(20)11-15-10-16(19)9-14-7-8-21-18(14)15/h2-6,9-10,12H,7-8,11H2,1H3. The Morgan fingerprint density at radius 1 is 1.29 bits per heavy atom. The first-order chi connectivity index (χ1) is 10.1. The molecule has 21 heavy (non-hydrogen) atoms. The smallest absolute Gasteiger partial charge is 0.144 e. The van der Waals surface area contributed by atoms with Crippen molar-refractivity contribution < 1.29 is 9.53 Å². The molecule has 0 saturated carbocycles. The van der Waals surface area contributed by atoms with Gasteiger partial charge in [-0.15, -0.1) is 0 Å². The lowest BCUT2D eigenvalue weighted by atomic mass is 9.92. The highest BCUT2D eigenvalue weighted by Gasteiger charge is 2.22. The lowest BCUT2D eigenvalue weighted by molar-refractivity contribution is -0.119. The van der Waals surface area contributed by atoms with Crippen molar-refractivity contribution >= 4 is 17.4 Å². The molecule has 3 heteroatoms. The van der Waals surface area contributed by atoms with Gasteiger partial charge < -0.3 is 4.74 Å². The Hall–Kier alpha value is -1.80. The van der Waals surface area contributed by atoms with Gasteiger partial charge in [-0.25, -0.2) is 0 Å². The molecule has 1 aliphatic heterocycles. The molecule has 0 amide bonds. The van der Waals surface area contributed by atoms with Gasteiger partial charge in [-0.2, -0.15) is 0 Å². The van der Waals surface area contributed by atoms with E-state index in [1.165, 1.54) is 0 Å². The molecule has 1 aliphatic rings. The Bertz CT molecular complexity index is 664. The number of hydrogen-bond acceptors (Lipinski definition) is 2. The van der Waals surface area contributed by atoms with E-state index in [-0.39, 0.29) is 11.7 Å². The number of carbonyl (C=O) groups is 1. The highest BCUT2D eigenvalue weighted by molar-refractivity contribution is 6.30. The zero-order valence-corrected chi connectivity index (χ0v) is 12.7. The number of halogens is 1. The van der Waals surface area contributed by atoms with Crippen molar-refractivity contribution in [2.75, 3.05) is 6.61 Å². The van der Waals surface area contributed by atoms with Crippen molar-refractivity contribution in [2.24, 2.45) is 0 Å². The Morgan fingerprint density at radius 3 is 2.81 bits per heavy atom. The van der Waals surface area contributed by atoms with E-state index in [9.17, 15) is 4.79 Å². The third-order valence-corrected chi connectivity index (χ3v) is 4.19. The van der Waals surface area contributed by atoms with Crippen LogP contribution in [0.4, 0.5) is 0 Å². The van der Waals surface area contributed by atoms with Gasteiger partial charge in [0.25, 0.3) is 0 Å². The summed E-state index contributed by atoms with van der Waals surface area (Å²) in [5.41, 5.74) is 3.06. The fourth-order valence-corrected chi connectivity index (χ4v) is 3.01. The second-order valence-electron chi connectivity index (χ2n) is 5.43. The summed E-state index contributed by atoms with van der Waals surface area (Å²) >= 11 is 6.14. The van der Waals surface area contributed by atoms with Crippen molar-refractivity contribution in [1.82, 2.24) is 0 Å². The van der Waals surface area contributed by atoms with Gasteiger partial charge in [0.2, 0.25) is 0 Å². The predicted octanol–water partition coefficient (Wildman–Crippen LogP) is 4.19. The maximum absolute atomic E-state index is 12.5. The van der Waals surface area contributed by atoms with Crippen LogP contribution in [0.5, 0.6) is 5.75 Å². The molecule has 0 fully saturated rings. The van der Waals surface area contributed by atoms with Crippen molar-refractivity contribution in [3.05, 3.63) is 64.2 Å². The average Bonchev–Trinajstić information content (AvgIpc) is 2.95. The molecule has 0 bridgehead atoms. The first-order valence-electron chi connectivity index (χ1n) is 7.17. The van der Waals surface area contributed by atoms with Crippen LogP contribution in [0.3, 0.4) is 0 Å². The molecule has 0 N–H and O–H groups in total. The van der Waals surface area contributed by atoms with Gasteiger partial charge in [-0.05, 0) is 23.3 Å². The largest absolute Gasteiger partial charge is 0.493 e. The summed E-state index contributed by atoms with van der Waals surface area (Å²) in [5.74, 6) is 0.913. The molecule has 0 aliphatic carbocycles. The van der Waals surface area contributed by atoms with Crippen LogP contribution >= 0.6 is 11.6 Å². The summed E-state index contributed by atoms with van der Waals surface area (Å²) in [6, 6.07) is 13.6. The lowest BCUT2D eigenvalue weighted by Crippen LogP contribution is -2.12. The molecular formula is C18H17ClO2. The quantitative estimate of drug-likeness (QED) is 0.846. The van der Waals surface area contributed by atoms with E-state index >= 15 is 0 Å². The molecule has 3 rings (SSSR count). The minimum absolute atomic E-state index is 0.123. The third-order valence-electron chi connectivity index (χ3n) is 3.97. The number of Topliss-reactive ketones (excluding diaryl/α,β-unsaturated/α-hetero) is 1. The molecule has 0 saturated heterocycles. The van der Waals surface area contributed by atoms with Gasteiger partial charge in [0, 0.05) is 29.3 Å². The minimum Gasteiger partial charge on any atom is -0.493 e. The fourth-order valence-electron chi connectivity index (χ4n) is 2.75. The van der Waals surface area contributed by atoms with Gasteiger partial charge in [-0.3, -0.25) is 4.79 Å². The van der Waals surface area contributed by atoms with Crippen LogP contribution in [-0.2, 0) is 17.6 Å². The topological polar surface area (TPSA) is 26.3 Å².